The van der Waals surface area contributed by atoms with E-state index in [0.29, 0.717) is 0 Å². The second-order valence-corrected chi connectivity index (χ2v) is 7.05. The second-order valence-electron chi connectivity index (χ2n) is 6.34. The van der Waals surface area contributed by atoms with Crippen molar-refractivity contribution in [3.05, 3.63) is 10.2 Å². The summed E-state index contributed by atoms with van der Waals surface area (Å²) < 4.78 is 7.09. The van der Waals surface area contributed by atoms with Crippen molar-refractivity contribution in [1.29, 1.82) is 0 Å². The molecule has 0 aromatic rings. The number of carbonyl (C=O) groups excluding carboxylic acids is 3. The van der Waals surface area contributed by atoms with Crippen LogP contribution in [0.3, 0.4) is 0 Å². The van der Waals surface area contributed by atoms with E-state index in [1.807, 2.05) is 28.1 Å². The molecule has 0 bridgehead atoms. The molecule has 2 aliphatic rings. The van der Waals surface area contributed by atoms with Gasteiger partial charge in [0.1, 0.15) is 29.7 Å². The number of nitrogens with zero attached hydrogens (tertiary/aromatic N) is 2. The van der Waals surface area contributed by atoms with Crippen LogP contribution in [-0.4, -0.2) is 80.7 Å². The zero-order chi connectivity index (χ0) is 19.6. The van der Waals surface area contributed by atoms with Crippen molar-refractivity contribution in [3.8, 4) is 0 Å². The van der Waals surface area contributed by atoms with Crippen molar-refractivity contribution < 1.29 is 34.5 Å². The molecule has 3 amide bonds. The van der Waals surface area contributed by atoms with E-state index >= 15 is 0 Å². The van der Waals surface area contributed by atoms with Crippen molar-refractivity contribution in [2.24, 2.45) is 5.41 Å². The van der Waals surface area contributed by atoms with Gasteiger partial charge in [-0.25, -0.2) is 9.69 Å². The fourth-order valence-corrected chi connectivity index (χ4v) is 4.02. The Hall–Kier alpha value is -1.12. The lowest BCUT2D eigenvalue weighted by atomic mass is 9.78. The van der Waals surface area contributed by atoms with Gasteiger partial charge < -0.3 is 20.2 Å². The van der Waals surface area contributed by atoms with Gasteiger partial charge in [-0.1, -0.05) is 28.7 Å². The number of halogens is 1. The number of aliphatic hydroxyl groups excluding tert-OH is 2. The van der Waals surface area contributed by atoms with E-state index in [0.717, 1.165) is 11.8 Å². The molecule has 2 aliphatic heterocycles. The highest BCUT2D eigenvalue weighted by Gasteiger charge is 2.56. The molecule has 26 heavy (non-hydrogen) atoms. The number of ketones is 1. The molecule has 10 nitrogen and oxygen atoms in total. The summed E-state index contributed by atoms with van der Waals surface area (Å²) in [4.78, 5) is 39.4. The Balaban J connectivity index is 2.49. The molecule has 0 saturated carbocycles. The van der Waals surface area contributed by atoms with Crippen LogP contribution >= 0.6 is 22.6 Å². The molecule has 0 aromatic heterocycles. The molecular weight excluding hydrogens is 461 g/mol. The summed E-state index contributed by atoms with van der Waals surface area (Å²) in [5, 5.41) is 28.8. The first-order chi connectivity index (χ1) is 12.2. The Morgan fingerprint density at radius 3 is 2.54 bits per heavy atom. The van der Waals surface area contributed by atoms with E-state index < -0.39 is 48.6 Å². The van der Waals surface area contributed by atoms with E-state index in [2.05, 4.69) is 0 Å². The van der Waals surface area contributed by atoms with E-state index in [4.69, 9.17) is 4.74 Å². The van der Waals surface area contributed by atoms with Gasteiger partial charge in [0.25, 0.3) is 0 Å². The smallest absolute Gasteiger partial charge is 0.330 e. The Kier molecular flexibility index (Phi) is 6.74. The summed E-state index contributed by atoms with van der Waals surface area (Å²) in [6, 6.07) is -0.765. The Morgan fingerprint density at radius 2 is 2.12 bits per heavy atom. The average molecular weight is 483 g/mol. The zero-order valence-corrected chi connectivity index (χ0v) is 16.5. The molecule has 0 aromatic carbocycles. The third-order valence-corrected chi connectivity index (χ3v) is 5.20. The van der Waals surface area contributed by atoms with Gasteiger partial charge in [0.05, 0.1) is 12.7 Å². The van der Waals surface area contributed by atoms with E-state index in [9.17, 15) is 29.8 Å². The van der Waals surface area contributed by atoms with Gasteiger partial charge >= 0.3 is 6.03 Å². The fraction of sp³-hybridized carbons (Fsp3) is 0.667. The topological polar surface area (TPSA) is 140 Å². The molecule has 2 heterocycles. The lowest BCUT2D eigenvalue weighted by molar-refractivity contribution is -0.153. The highest BCUT2D eigenvalue weighted by atomic mass is 127. The maximum Gasteiger partial charge on any atom is 0.330 e. The Morgan fingerprint density at radius 1 is 1.46 bits per heavy atom. The predicted molar refractivity (Wildman–Crippen MR) is 96.0 cm³/mol. The zero-order valence-electron chi connectivity index (χ0n) is 14.3. The lowest BCUT2D eigenvalue weighted by Gasteiger charge is -2.50. The number of hydrogen-bond acceptors (Lipinski definition) is 8. The summed E-state index contributed by atoms with van der Waals surface area (Å²) in [5.41, 5.74) is 0.499. The van der Waals surface area contributed by atoms with Crippen molar-refractivity contribution in [2.75, 3.05) is 13.2 Å². The minimum atomic E-state index is -1.42. The normalized spacial score (nSPS) is 35.4. The van der Waals surface area contributed by atoms with Crippen LogP contribution in [0.1, 0.15) is 20.3 Å². The van der Waals surface area contributed by atoms with Crippen molar-refractivity contribution in [3.63, 3.8) is 0 Å². The molecule has 3 unspecified atom stereocenters. The predicted octanol–water partition coefficient (Wildman–Crippen LogP) is -0.432. The highest BCUT2D eigenvalue weighted by Crippen LogP contribution is 2.38. The fourth-order valence-electron chi connectivity index (χ4n) is 3.38. The Labute approximate surface area is 163 Å². The van der Waals surface area contributed by atoms with Gasteiger partial charge in [-0.05, 0) is 11.0 Å². The van der Waals surface area contributed by atoms with Crippen LogP contribution in [0.5, 0.6) is 0 Å². The second kappa shape index (κ2) is 8.27. The molecule has 5 atom stereocenters. The molecule has 0 radical (unpaired) electrons. The van der Waals surface area contributed by atoms with Crippen molar-refractivity contribution in [1.82, 2.24) is 15.3 Å². The number of aliphatic hydroxyl groups is 2. The highest BCUT2D eigenvalue weighted by molar-refractivity contribution is 14.1. The van der Waals surface area contributed by atoms with Gasteiger partial charge in [0.2, 0.25) is 5.91 Å². The molecule has 11 heteroatoms. The average Bonchev–Trinajstić information content (AvgIpc) is 2.95. The van der Waals surface area contributed by atoms with Crippen LogP contribution in [0.4, 0.5) is 4.79 Å². The minimum Gasteiger partial charge on any atom is -0.394 e. The van der Waals surface area contributed by atoms with Crippen LogP contribution in [0.25, 0.3) is 0 Å². The van der Waals surface area contributed by atoms with E-state index in [1.165, 1.54) is 17.9 Å². The first-order valence-corrected chi connectivity index (χ1v) is 9.21. The Bertz CT molecular complexity index is 616. The van der Waals surface area contributed by atoms with Gasteiger partial charge in [0, 0.05) is 19.9 Å². The molecule has 4 N–H and O–H groups in total. The van der Waals surface area contributed by atoms with Gasteiger partial charge in [-0.15, -0.1) is 0 Å². The maximum absolute atomic E-state index is 12.9. The standard InChI is InChI=1S/C15H22IN3O7/c1-8(21)15(3-4-16)7-18(12-5-10(23)11(6-20)26-12)14(24)19(9(2)22)13(15)17-25/h3-4,10-13,17,20,23,25H,5-7H2,1-2H3/t10?,11-,12-,13?,15?/m1/s1. The third-order valence-electron chi connectivity index (χ3n) is 4.84. The molecule has 0 aliphatic carbocycles. The van der Waals surface area contributed by atoms with Crippen molar-refractivity contribution >= 4 is 40.3 Å². The summed E-state index contributed by atoms with van der Waals surface area (Å²) in [5.74, 6) is -1.05. The number of rotatable bonds is 5. The molecule has 2 saturated heterocycles. The van der Waals surface area contributed by atoms with Crippen LogP contribution < -0.4 is 5.48 Å². The summed E-state index contributed by atoms with van der Waals surface area (Å²) in [6.07, 6.45) is -2.51. The molecule has 2 rings (SSSR count). The van der Waals surface area contributed by atoms with E-state index in [1.54, 1.807) is 4.08 Å². The number of urea groups is 1. The molecule has 0 spiro atoms. The number of nitrogens with one attached hydrogen (secondary N) is 1. The largest absolute Gasteiger partial charge is 0.394 e. The number of hydroxylamine groups is 1. The van der Waals surface area contributed by atoms with Crippen LogP contribution in [0.15, 0.2) is 10.2 Å². The van der Waals surface area contributed by atoms with Crippen molar-refractivity contribution in [2.45, 2.75) is 44.9 Å². The summed E-state index contributed by atoms with van der Waals surface area (Å²) in [6.45, 7) is 1.85. The first kappa shape index (κ1) is 21.2. The SMILES string of the molecule is CC(=O)N1C(=O)N([C@H]2CC(O)[C@@H](CO)O2)CC(C=CI)(C(C)=O)C1NO. The number of hydrogen-bond donors (Lipinski definition) is 4. The maximum atomic E-state index is 12.9. The number of amides is 3. The summed E-state index contributed by atoms with van der Waals surface area (Å²) >= 11 is 1.90. The number of imide groups is 1. The monoisotopic (exact) mass is 483 g/mol. The summed E-state index contributed by atoms with van der Waals surface area (Å²) in [7, 11) is 0. The lowest BCUT2D eigenvalue weighted by Crippen LogP contribution is -2.71. The van der Waals surface area contributed by atoms with Crippen LogP contribution in [0, 0.1) is 5.41 Å². The van der Waals surface area contributed by atoms with E-state index in [-0.39, 0.29) is 18.7 Å². The van der Waals surface area contributed by atoms with Gasteiger partial charge in [-0.2, -0.15) is 5.48 Å². The molecule has 146 valence electrons. The number of carbonyl (C=O) groups is 3. The minimum absolute atomic E-state index is 0.0296. The third kappa shape index (κ3) is 3.51. The quantitative estimate of drug-likeness (QED) is 0.305. The van der Waals surface area contributed by atoms with Crippen LogP contribution in [0.2, 0.25) is 0 Å². The van der Waals surface area contributed by atoms with Gasteiger partial charge in [-0.3, -0.25) is 14.5 Å². The number of Topliss-reactive ketones (excluding diaryl/α,β-unsaturated/α-hetero) is 1. The first-order valence-electron chi connectivity index (χ1n) is 7.96. The molecule has 2 fully saturated rings. The molecular formula is C15H22IN3O7. The van der Waals surface area contributed by atoms with Crippen LogP contribution in [-0.2, 0) is 14.3 Å². The van der Waals surface area contributed by atoms with Gasteiger partial charge in [0.15, 0.2) is 0 Å². The number of ether oxygens (including phenoxy) is 1.